The maximum atomic E-state index is 10.2. The quantitative estimate of drug-likeness (QED) is 0.403. The molecule has 3 heteroatoms. The number of allylic oxidation sites excluding steroid dienone is 1. The summed E-state index contributed by atoms with van der Waals surface area (Å²) in [7, 11) is 0. The molecular weight excluding hydrogens is 368 g/mol. The number of fused-ring (bicyclic) bond motifs is 5. The minimum atomic E-state index is -0.529. The number of aliphatic hydroxyl groups is 1. The van der Waals surface area contributed by atoms with E-state index in [1.165, 1.54) is 38.5 Å². The fourth-order valence-electron chi connectivity index (χ4n) is 9.08. The summed E-state index contributed by atoms with van der Waals surface area (Å²) in [6.07, 6.45) is 14.0. The fourth-order valence-corrected chi connectivity index (χ4v) is 9.08. The summed E-state index contributed by atoms with van der Waals surface area (Å²) in [6, 6.07) is 0. The maximum Gasteiger partial charge on any atom is 0.0676 e. The minimum absolute atomic E-state index is 0.127. The molecule has 0 unspecified atom stereocenters. The van der Waals surface area contributed by atoms with Crippen molar-refractivity contribution in [2.24, 2.45) is 57.8 Å². The molecule has 0 bridgehead atoms. The summed E-state index contributed by atoms with van der Waals surface area (Å²) in [6.45, 7) is 12.1. The molecule has 8 atom stereocenters. The fraction of sp³-hybridized carbons (Fsp3) is 0.926. The number of aliphatic hydroxyl groups excluding tert-OH is 1. The zero-order valence-electron chi connectivity index (χ0n) is 20.3. The smallest absolute Gasteiger partial charge is 0.0676 e. The predicted molar refractivity (Wildman–Crippen MR) is 126 cm³/mol. The number of rotatable bonds is 5. The molecule has 0 aromatic rings. The van der Waals surface area contributed by atoms with Gasteiger partial charge < -0.3 is 16.6 Å². The second kappa shape index (κ2) is 7.89. The van der Waals surface area contributed by atoms with Crippen molar-refractivity contribution in [1.29, 1.82) is 0 Å². The van der Waals surface area contributed by atoms with E-state index in [-0.39, 0.29) is 16.9 Å². The first-order valence-electron chi connectivity index (χ1n) is 12.9. The zero-order chi connectivity index (χ0) is 21.9. The number of nitrogens with two attached hydrogens (primary N) is 2. The van der Waals surface area contributed by atoms with Crippen molar-refractivity contribution in [2.45, 2.75) is 111 Å². The molecule has 4 aliphatic carbocycles. The Balaban J connectivity index is 1.58. The van der Waals surface area contributed by atoms with Gasteiger partial charge in [0.15, 0.2) is 0 Å². The van der Waals surface area contributed by atoms with E-state index < -0.39 is 5.66 Å². The van der Waals surface area contributed by atoms with Gasteiger partial charge >= 0.3 is 0 Å². The number of hydrogen-bond donors (Lipinski definition) is 3. The predicted octanol–water partition coefficient (Wildman–Crippen LogP) is 5.61. The second-order valence-electron chi connectivity index (χ2n) is 12.8. The molecule has 0 spiro atoms. The van der Waals surface area contributed by atoms with Gasteiger partial charge in [0.2, 0.25) is 0 Å². The van der Waals surface area contributed by atoms with Crippen LogP contribution in [0.2, 0.25) is 0 Å². The average molecular weight is 417 g/mol. The third kappa shape index (κ3) is 3.61. The molecule has 0 radical (unpaired) electrons. The topological polar surface area (TPSA) is 72.3 Å². The molecule has 4 rings (SSSR count). The zero-order valence-corrected chi connectivity index (χ0v) is 20.3. The highest BCUT2D eigenvalue weighted by Crippen LogP contribution is 2.68. The first kappa shape index (κ1) is 22.8. The molecule has 3 fully saturated rings. The SMILES string of the molecule is CC(C)CCC[C@@H](C)[C@H]1C(N)(N)C[C@H]2[C@@H]3CC=C4C[C@@H](O)CC[C@]4(C)[C@H]3CC[C@@]21C. The molecule has 0 aromatic carbocycles. The summed E-state index contributed by atoms with van der Waals surface area (Å²) in [5.41, 5.74) is 15.5. The molecule has 0 amide bonds. The van der Waals surface area contributed by atoms with Crippen LogP contribution in [0.4, 0.5) is 0 Å². The van der Waals surface area contributed by atoms with E-state index in [9.17, 15) is 5.11 Å². The first-order chi connectivity index (χ1) is 14.0. The highest BCUT2D eigenvalue weighted by atomic mass is 16.3. The summed E-state index contributed by atoms with van der Waals surface area (Å²) in [4.78, 5) is 0. The van der Waals surface area contributed by atoms with Crippen molar-refractivity contribution >= 4 is 0 Å². The van der Waals surface area contributed by atoms with Crippen LogP contribution in [0.1, 0.15) is 98.8 Å². The van der Waals surface area contributed by atoms with Crippen LogP contribution < -0.4 is 11.5 Å². The van der Waals surface area contributed by atoms with Crippen LogP contribution in [0, 0.1) is 46.3 Å². The van der Waals surface area contributed by atoms with E-state index in [2.05, 4.69) is 40.7 Å². The Morgan fingerprint density at radius 1 is 1.07 bits per heavy atom. The van der Waals surface area contributed by atoms with Crippen LogP contribution >= 0.6 is 0 Å². The Morgan fingerprint density at radius 2 is 1.80 bits per heavy atom. The summed E-state index contributed by atoms with van der Waals surface area (Å²) in [5, 5.41) is 10.2. The van der Waals surface area contributed by atoms with E-state index >= 15 is 0 Å². The molecule has 3 nitrogen and oxygen atoms in total. The van der Waals surface area contributed by atoms with Crippen molar-refractivity contribution in [3.63, 3.8) is 0 Å². The van der Waals surface area contributed by atoms with Crippen LogP contribution in [0.5, 0.6) is 0 Å². The van der Waals surface area contributed by atoms with E-state index in [1.807, 2.05) is 0 Å². The lowest BCUT2D eigenvalue weighted by Gasteiger charge is -2.58. The largest absolute Gasteiger partial charge is 0.393 e. The third-order valence-corrected chi connectivity index (χ3v) is 10.4. The Labute approximate surface area is 185 Å². The lowest BCUT2D eigenvalue weighted by molar-refractivity contribution is -0.0595. The molecular formula is C27H48N2O. The molecule has 4 aliphatic rings. The molecule has 0 saturated heterocycles. The van der Waals surface area contributed by atoms with Gasteiger partial charge in [0.1, 0.15) is 0 Å². The number of hydrogen-bond acceptors (Lipinski definition) is 3. The van der Waals surface area contributed by atoms with E-state index in [1.54, 1.807) is 5.57 Å². The van der Waals surface area contributed by atoms with Crippen LogP contribution in [-0.2, 0) is 0 Å². The van der Waals surface area contributed by atoms with Crippen molar-refractivity contribution in [2.75, 3.05) is 0 Å². The molecule has 5 N–H and O–H groups in total. The van der Waals surface area contributed by atoms with Gasteiger partial charge in [-0.05, 0) is 91.3 Å². The van der Waals surface area contributed by atoms with E-state index in [0.717, 1.165) is 37.5 Å². The van der Waals surface area contributed by atoms with Crippen molar-refractivity contribution < 1.29 is 5.11 Å². The standard InChI is InChI=1S/C27H48N2O/c1-17(2)7-6-8-18(3)24-26(5)14-12-22-21(23(26)16-27(24,28)29)10-9-19-15-20(30)11-13-25(19,22)4/h9,17-18,20-24,30H,6-8,10-16,28-29H2,1-5H3/t18-,20+,21-,22+,23+,24-,25+,26+/m1/s1. The summed E-state index contributed by atoms with van der Waals surface area (Å²) >= 11 is 0. The Hall–Kier alpha value is -0.380. The lowest BCUT2D eigenvalue weighted by Crippen LogP contribution is -2.57. The highest BCUT2D eigenvalue weighted by Gasteiger charge is 2.64. The van der Waals surface area contributed by atoms with Gasteiger partial charge in [0.05, 0.1) is 11.8 Å². The van der Waals surface area contributed by atoms with Gasteiger partial charge in [-0.25, -0.2) is 0 Å². The second-order valence-corrected chi connectivity index (χ2v) is 12.8. The van der Waals surface area contributed by atoms with Gasteiger partial charge in [0, 0.05) is 0 Å². The van der Waals surface area contributed by atoms with Gasteiger partial charge in [-0.1, -0.05) is 65.5 Å². The average Bonchev–Trinajstić information content (AvgIpc) is 2.87. The van der Waals surface area contributed by atoms with Gasteiger partial charge in [0.25, 0.3) is 0 Å². The van der Waals surface area contributed by atoms with Gasteiger partial charge in [-0.15, -0.1) is 0 Å². The van der Waals surface area contributed by atoms with E-state index in [4.69, 9.17) is 11.5 Å². The molecule has 30 heavy (non-hydrogen) atoms. The molecule has 3 saturated carbocycles. The lowest BCUT2D eigenvalue weighted by atomic mass is 9.47. The minimum Gasteiger partial charge on any atom is -0.393 e. The van der Waals surface area contributed by atoms with Crippen LogP contribution in [0.3, 0.4) is 0 Å². The normalized spacial score (nSPS) is 46.0. The Kier molecular flexibility index (Phi) is 5.99. The van der Waals surface area contributed by atoms with Gasteiger partial charge in [-0.2, -0.15) is 0 Å². The monoisotopic (exact) mass is 416 g/mol. The first-order valence-corrected chi connectivity index (χ1v) is 12.9. The van der Waals surface area contributed by atoms with Crippen molar-refractivity contribution in [3.05, 3.63) is 11.6 Å². The molecule has 0 aromatic heterocycles. The van der Waals surface area contributed by atoms with Crippen molar-refractivity contribution in [1.82, 2.24) is 0 Å². The van der Waals surface area contributed by atoms with Crippen LogP contribution in [0.25, 0.3) is 0 Å². The summed E-state index contributed by atoms with van der Waals surface area (Å²) in [5.74, 6) is 3.90. The van der Waals surface area contributed by atoms with Crippen LogP contribution in [0.15, 0.2) is 11.6 Å². The van der Waals surface area contributed by atoms with Crippen molar-refractivity contribution in [3.8, 4) is 0 Å². The third-order valence-electron chi connectivity index (χ3n) is 10.4. The highest BCUT2D eigenvalue weighted by molar-refractivity contribution is 5.26. The molecule has 172 valence electrons. The molecule has 0 aliphatic heterocycles. The molecule has 0 heterocycles. The van der Waals surface area contributed by atoms with Gasteiger partial charge in [-0.3, -0.25) is 0 Å². The summed E-state index contributed by atoms with van der Waals surface area (Å²) < 4.78 is 0. The van der Waals surface area contributed by atoms with Crippen LogP contribution in [-0.4, -0.2) is 16.9 Å². The maximum absolute atomic E-state index is 10.2. The Bertz CT molecular complexity index is 670. The Morgan fingerprint density at radius 3 is 2.50 bits per heavy atom. The van der Waals surface area contributed by atoms with E-state index in [0.29, 0.717) is 23.7 Å².